The van der Waals surface area contributed by atoms with E-state index in [-0.39, 0.29) is 5.54 Å². The van der Waals surface area contributed by atoms with Crippen molar-refractivity contribution in [2.45, 2.75) is 26.3 Å². The quantitative estimate of drug-likeness (QED) is 0.706. The number of hydrogen-bond acceptors (Lipinski definition) is 6. The Balaban J connectivity index is 1.98. The van der Waals surface area contributed by atoms with Crippen molar-refractivity contribution in [3.05, 3.63) is 54.9 Å². The van der Waals surface area contributed by atoms with E-state index in [9.17, 15) is 0 Å². The molecule has 0 radical (unpaired) electrons. The van der Waals surface area contributed by atoms with Crippen molar-refractivity contribution in [2.24, 2.45) is 0 Å². The van der Waals surface area contributed by atoms with Gasteiger partial charge in [0.25, 0.3) is 0 Å². The second-order valence-electron chi connectivity index (χ2n) is 6.93. The van der Waals surface area contributed by atoms with Crippen molar-refractivity contribution in [1.82, 2.24) is 15.0 Å². The van der Waals surface area contributed by atoms with Crippen LogP contribution in [0, 0.1) is 0 Å². The van der Waals surface area contributed by atoms with Crippen molar-refractivity contribution in [1.29, 1.82) is 0 Å². The summed E-state index contributed by atoms with van der Waals surface area (Å²) in [6.07, 6.45) is 3.51. The lowest BCUT2D eigenvalue weighted by Gasteiger charge is -2.21. The number of ether oxygens (including phenoxy) is 1. The molecule has 3 rings (SSSR count). The number of aromatic nitrogens is 3. The van der Waals surface area contributed by atoms with Crippen LogP contribution >= 0.6 is 0 Å². The molecule has 0 spiro atoms. The second kappa shape index (κ2) is 7.39. The van der Waals surface area contributed by atoms with E-state index in [1.807, 2.05) is 42.5 Å². The van der Waals surface area contributed by atoms with E-state index < -0.39 is 0 Å². The average Bonchev–Trinajstić information content (AvgIpc) is 2.61. The average molecular weight is 349 g/mol. The van der Waals surface area contributed by atoms with Gasteiger partial charge < -0.3 is 15.4 Å². The molecule has 0 bridgehead atoms. The fraction of sp³-hybridized carbons (Fsp3) is 0.250. The number of hydrogen-bond donors (Lipinski definition) is 2. The van der Waals surface area contributed by atoms with Crippen molar-refractivity contribution in [3.63, 3.8) is 0 Å². The summed E-state index contributed by atoms with van der Waals surface area (Å²) >= 11 is 0. The molecule has 0 aliphatic carbocycles. The Hall–Kier alpha value is -3.15. The normalized spacial score (nSPS) is 11.1. The molecule has 3 aromatic rings. The van der Waals surface area contributed by atoms with Crippen LogP contribution in [0.25, 0.3) is 11.3 Å². The Bertz CT molecular complexity index is 875. The topological polar surface area (TPSA) is 72.0 Å². The van der Waals surface area contributed by atoms with Crippen LogP contribution in [0.4, 0.5) is 17.5 Å². The summed E-state index contributed by atoms with van der Waals surface area (Å²) in [6.45, 7) is 6.22. The number of rotatable bonds is 5. The van der Waals surface area contributed by atoms with Crippen molar-refractivity contribution < 1.29 is 4.74 Å². The number of pyridine rings is 1. The SMILES string of the molecule is COc1cccc(Nc2cc(-c3ccncc3)nc(NC(C)(C)C)n2)c1. The highest BCUT2D eigenvalue weighted by Crippen LogP contribution is 2.25. The van der Waals surface area contributed by atoms with Gasteiger partial charge in [0.1, 0.15) is 11.6 Å². The molecule has 0 atom stereocenters. The van der Waals surface area contributed by atoms with Gasteiger partial charge in [-0.1, -0.05) is 6.07 Å². The minimum atomic E-state index is -0.149. The van der Waals surface area contributed by atoms with Crippen LogP contribution in [-0.4, -0.2) is 27.6 Å². The van der Waals surface area contributed by atoms with Crippen LogP contribution < -0.4 is 15.4 Å². The molecule has 0 saturated heterocycles. The summed E-state index contributed by atoms with van der Waals surface area (Å²) in [5.41, 5.74) is 2.54. The third-order valence-corrected chi connectivity index (χ3v) is 3.53. The van der Waals surface area contributed by atoms with E-state index in [1.165, 1.54) is 0 Å². The third-order valence-electron chi connectivity index (χ3n) is 3.53. The largest absolute Gasteiger partial charge is 0.497 e. The van der Waals surface area contributed by atoms with Gasteiger partial charge in [0.2, 0.25) is 5.95 Å². The molecule has 6 heteroatoms. The van der Waals surface area contributed by atoms with Gasteiger partial charge in [0.05, 0.1) is 12.8 Å². The lowest BCUT2D eigenvalue weighted by molar-refractivity contribution is 0.415. The van der Waals surface area contributed by atoms with Gasteiger partial charge in [-0.15, -0.1) is 0 Å². The van der Waals surface area contributed by atoms with E-state index in [0.717, 1.165) is 22.7 Å². The zero-order chi connectivity index (χ0) is 18.6. The van der Waals surface area contributed by atoms with Crippen molar-refractivity contribution in [2.75, 3.05) is 17.7 Å². The molecule has 1 aromatic carbocycles. The minimum absolute atomic E-state index is 0.149. The van der Waals surface area contributed by atoms with Crippen molar-refractivity contribution >= 4 is 17.5 Å². The summed E-state index contributed by atoms with van der Waals surface area (Å²) in [5.74, 6) is 2.05. The summed E-state index contributed by atoms with van der Waals surface area (Å²) < 4.78 is 5.28. The maximum absolute atomic E-state index is 5.28. The van der Waals surface area contributed by atoms with Gasteiger partial charge >= 0.3 is 0 Å². The van der Waals surface area contributed by atoms with Gasteiger partial charge in [-0.05, 0) is 45.0 Å². The predicted molar refractivity (Wildman–Crippen MR) is 105 cm³/mol. The maximum atomic E-state index is 5.28. The molecule has 2 aromatic heterocycles. The van der Waals surface area contributed by atoms with Gasteiger partial charge in [-0.3, -0.25) is 4.98 Å². The Kier molecular flexibility index (Phi) is 5.02. The van der Waals surface area contributed by atoms with E-state index in [0.29, 0.717) is 11.8 Å². The molecule has 134 valence electrons. The number of nitrogens with zero attached hydrogens (tertiary/aromatic N) is 3. The molecular weight excluding hydrogens is 326 g/mol. The fourth-order valence-corrected chi connectivity index (χ4v) is 2.42. The van der Waals surface area contributed by atoms with Gasteiger partial charge in [0.15, 0.2) is 0 Å². The zero-order valence-corrected chi connectivity index (χ0v) is 15.4. The summed E-state index contributed by atoms with van der Waals surface area (Å²) in [7, 11) is 1.65. The first-order valence-electron chi connectivity index (χ1n) is 8.42. The molecule has 0 unspecified atom stereocenters. The molecule has 0 saturated carbocycles. The third kappa shape index (κ3) is 4.69. The molecule has 26 heavy (non-hydrogen) atoms. The highest BCUT2D eigenvalue weighted by atomic mass is 16.5. The summed E-state index contributed by atoms with van der Waals surface area (Å²) in [5, 5.41) is 6.67. The Morgan fingerprint density at radius 1 is 0.962 bits per heavy atom. The summed E-state index contributed by atoms with van der Waals surface area (Å²) in [6, 6.07) is 13.5. The van der Waals surface area contributed by atoms with E-state index in [4.69, 9.17) is 4.74 Å². The lowest BCUT2D eigenvalue weighted by Crippen LogP contribution is -2.27. The second-order valence-corrected chi connectivity index (χ2v) is 6.93. The molecule has 0 aliphatic heterocycles. The Morgan fingerprint density at radius 2 is 1.73 bits per heavy atom. The number of anilines is 3. The smallest absolute Gasteiger partial charge is 0.225 e. The lowest BCUT2D eigenvalue weighted by atomic mass is 10.1. The first kappa shape index (κ1) is 17.7. The van der Waals surface area contributed by atoms with Gasteiger partial charge in [-0.25, -0.2) is 4.98 Å². The van der Waals surface area contributed by atoms with Crippen LogP contribution in [0.5, 0.6) is 5.75 Å². The number of nitrogens with one attached hydrogen (secondary N) is 2. The number of benzene rings is 1. The fourth-order valence-electron chi connectivity index (χ4n) is 2.42. The molecule has 0 amide bonds. The van der Waals surface area contributed by atoms with Gasteiger partial charge in [0, 0.05) is 41.3 Å². The first-order chi connectivity index (χ1) is 12.4. The monoisotopic (exact) mass is 349 g/mol. The zero-order valence-electron chi connectivity index (χ0n) is 15.4. The standard InChI is InChI=1S/C20H23N5O/c1-20(2,3)25-19-23-17(14-8-10-21-11-9-14)13-18(24-19)22-15-6-5-7-16(12-15)26-4/h5-13H,1-4H3,(H2,22,23,24,25). The summed E-state index contributed by atoms with van der Waals surface area (Å²) in [4.78, 5) is 13.3. The highest BCUT2D eigenvalue weighted by Gasteiger charge is 2.14. The van der Waals surface area contributed by atoms with E-state index >= 15 is 0 Å². The van der Waals surface area contributed by atoms with Crippen LogP contribution in [-0.2, 0) is 0 Å². The minimum Gasteiger partial charge on any atom is -0.497 e. The highest BCUT2D eigenvalue weighted by molar-refractivity contribution is 5.67. The van der Waals surface area contributed by atoms with Gasteiger partial charge in [-0.2, -0.15) is 4.98 Å². The molecular formula is C20H23N5O. The van der Waals surface area contributed by atoms with Crippen LogP contribution in [0.1, 0.15) is 20.8 Å². The predicted octanol–water partition coefficient (Wildman–Crippen LogP) is 4.50. The van der Waals surface area contributed by atoms with Crippen LogP contribution in [0.3, 0.4) is 0 Å². The van der Waals surface area contributed by atoms with E-state index in [1.54, 1.807) is 19.5 Å². The van der Waals surface area contributed by atoms with Crippen molar-refractivity contribution in [3.8, 4) is 17.0 Å². The Morgan fingerprint density at radius 3 is 2.42 bits per heavy atom. The first-order valence-corrected chi connectivity index (χ1v) is 8.42. The number of methoxy groups -OCH3 is 1. The molecule has 2 heterocycles. The molecule has 0 fully saturated rings. The molecule has 6 nitrogen and oxygen atoms in total. The maximum Gasteiger partial charge on any atom is 0.225 e. The van der Waals surface area contributed by atoms with Crippen LogP contribution in [0.2, 0.25) is 0 Å². The van der Waals surface area contributed by atoms with E-state index in [2.05, 4.69) is 46.4 Å². The Labute approximate surface area is 153 Å². The molecule has 2 N–H and O–H groups in total. The molecule has 0 aliphatic rings. The van der Waals surface area contributed by atoms with Crippen LogP contribution in [0.15, 0.2) is 54.9 Å².